The first kappa shape index (κ1) is 43.6. The number of hydrogen-bond acceptors (Lipinski definition) is 9. The Kier molecular flexibility index (Phi) is 15.0. The van der Waals surface area contributed by atoms with Gasteiger partial charge >= 0.3 is 0 Å². The van der Waals surface area contributed by atoms with Crippen LogP contribution in [0.3, 0.4) is 0 Å². The average Bonchev–Trinajstić information content (AvgIpc) is 3.68. The van der Waals surface area contributed by atoms with Crippen molar-refractivity contribution in [3.8, 4) is 17.2 Å². The number of rotatable bonds is 20. The molecule has 316 valence electrons. The molecule has 0 spiro atoms. The van der Waals surface area contributed by atoms with E-state index in [1.54, 1.807) is 66.7 Å². The van der Waals surface area contributed by atoms with Crippen molar-refractivity contribution in [1.82, 2.24) is 10.9 Å². The highest BCUT2D eigenvalue weighted by atomic mass is 35.5. The van der Waals surface area contributed by atoms with Crippen molar-refractivity contribution in [2.24, 2.45) is 10.1 Å². The van der Waals surface area contributed by atoms with Gasteiger partial charge in [-0.15, -0.1) is 0 Å². The van der Waals surface area contributed by atoms with Gasteiger partial charge in [0.05, 0.1) is 6.61 Å². The third kappa shape index (κ3) is 11.0. The molecule has 3 N–H and O–H groups in total. The molecule has 14 heteroatoms. The number of aliphatic hydroxyl groups is 1. The van der Waals surface area contributed by atoms with E-state index in [1.165, 1.54) is 0 Å². The van der Waals surface area contributed by atoms with Gasteiger partial charge in [0.25, 0.3) is 5.91 Å². The summed E-state index contributed by atoms with van der Waals surface area (Å²) in [4.78, 5) is 23.0. The lowest BCUT2D eigenvalue weighted by Gasteiger charge is -2.31. The number of hydrogen-bond donors (Lipinski definition) is 3. The first-order valence-electron chi connectivity index (χ1n) is 20.0. The van der Waals surface area contributed by atoms with Crippen molar-refractivity contribution in [2.75, 3.05) is 19.8 Å². The molecular weight excluding hydrogens is 827 g/mol. The molecule has 0 aliphatic carbocycles. The second-order valence-electron chi connectivity index (χ2n) is 14.4. The smallest absolute Gasteiger partial charge is 0.266 e. The fraction of sp³-hybridized carbons (Fsp3) is 0.208. The molecule has 1 aliphatic rings. The van der Waals surface area contributed by atoms with Crippen LogP contribution in [0.15, 0.2) is 156 Å². The molecule has 0 fully saturated rings. The van der Waals surface area contributed by atoms with Crippen LogP contribution < -0.4 is 25.1 Å². The number of nitrogens with one attached hydrogen (secondary N) is 2. The molecule has 0 unspecified atom stereocenters. The average molecular weight is 872 g/mol. The van der Waals surface area contributed by atoms with E-state index in [4.69, 9.17) is 47.1 Å². The van der Waals surface area contributed by atoms with Gasteiger partial charge in [0, 0.05) is 57.8 Å². The summed E-state index contributed by atoms with van der Waals surface area (Å²) in [7, 11) is 0. The van der Waals surface area contributed by atoms with Crippen LogP contribution in [0.25, 0.3) is 10.4 Å². The Morgan fingerprint density at radius 2 is 1.50 bits per heavy atom. The van der Waals surface area contributed by atoms with Crippen molar-refractivity contribution in [2.45, 2.75) is 44.1 Å². The van der Waals surface area contributed by atoms with Gasteiger partial charge < -0.3 is 24.1 Å². The van der Waals surface area contributed by atoms with Crippen molar-refractivity contribution < 1.29 is 28.8 Å². The maximum atomic E-state index is 14.9. The van der Waals surface area contributed by atoms with Crippen LogP contribution in [0, 0.1) is 0 Å². The number of carbonyl (C=O) groups excluding carboxylic acids is 1. The fourth-order valence-corrected chi connectivity index (χ4v) is 7.45. The largest absolute Gasteiger partial charge is 0.494 e. The van der Waals surface area contributed by atoms with E-state index in [1.807, 2.05) is 78.9 Å². The minimum absolute atomic E-state index is 0.0162. The minimum atomic E-state index is -1.67. The van der Waals surface area contributed by atoms with Crippen molar-refractivity contribution in [3.63, 3.8) is 0 Å². The molecule has 0 saturated carbocycles. The summed E-state index contributed by atoms with van der Waals surface area (Å²) in [6, 6.07) is 44.7. The van der Waals surface area contributed by atoms with Gasteiger partial charge in [0.1, 0.15) is 19.0 Å². The summed E-state index contributed by atoms with van der Waals surface area (Å²) in [5.41, 5.74) is 18.7. The second kappa shape index (κ2) is 21.3. The van der Waals surface area contributed by atoms with Gasteiger partial charge in [0.2, 0.25) is 5.90 Å². The summed E-state index contributed by atoms with van der Waals surface area (Å²) < 4.78 is 24.9. The number of halogens is 2. The molecule has 6 aromatic carbocycles. The van der Waals surface area contributed by atoms with Crippen LogP contribution in [0.4, 0.5) is 5.69 Å². The molecule has 2 atom stereocenters. The molecule has 12 nitrogen and oxygen atoms in total. The Morgan fingerprint density at radius 3 is 2.19 bits per heavy atom. The van der Waals surface area contributed by atoms with Crippen LogP contribution in [-0.4, -0.2) is 42.2 Å². The zero-order valence-corrected chi connectivity index (χ0v) is 35.1. The van der Waals surface area contributed by atoms with Gasteiger partial charge in [0.15, 0.2) is 23.1 Å². The van der Waals surface area contributed by atoms with Crippen molar-refractivity contribution in [1.29, 1.82) is 0 Å². The molecular formula is C48H44Cl2N6O6. The first-order chi connectivity index (χ1) is 30.3. The van der Waals surface area contributed by atoms with E-state index in [0.29, 0.717) is 83.9 Å². The van der Waals surface area contributed by atoms with Gasteiger partial charge in [-0.25, -0.2) is 10.4 Å². The van der Waals surface area contributed by atoms with E-state index in [2.05, 4.69) is 20.9 Å². The second-order valence-corrected chi connectivity index (χ2v) is 15.3. The summed E-state index contributed by atoms with van der Waals surface area (Å²) in [5, 5.41) is 13.8. The zero-order chi connectivity index (χ0) is 43.2. The monoisotopic (exact) mass is 870 g/mol. The molecule has 62 heavy (non-hydrogen) atoms. The van der Waals surface area contributed by atoms with E-state index in [-0.39, 0.29) is 23.9 Å². The normalized spacial score (nSPS) is 15.5. The summed E-state index contributed by atoms with van der Waals surface area (Å²) >= 11 is 13.2. The number of ether oxygens (including phenoxy) is 4. The maximum Gasteiger partial charge on any atom is 0.266 e. The molecule has 0 bridgehead atoms. The number of carbonyl (C=O) groups is 1. The molecule has 0 saturated heterocycles. The number of amides is 1. The van der Waals surface area contributed by atoms with Crippen LogP contribution in [0.5, 0.6) is 17.2 Å². The van der Waals surface area contributed by atoms with Crippen molar-refractivity contribution in [3.05, 3.63) is 199 Å². The Hall–Kier alpha value is -6.53. The van der Waals surface area contributed by atoms with Crippen molar-refractivity contribution >= 4 is 40.7 Å². The number of hydrazine groups is 1. The number of benzene rings is 6. The third-order valence-corrected chi connectivity index (χ3v) is 10.7. The SMILES string of the molecule is [N-]=[N+]=Nc1ccccc1C[C@]1(C(=O)NNCCc2ccc(OCc3ccccc3)c(OCc3ccccc3)c2)N=C(c2ccc(OCCCO)cc2)O[C@H]1c1ccc(Cl)cc1Cl. The summed E-state index contributed by atoms with van der Waals surface area (Å²) in [6.07, 6.45) is -0.0724. The lowest BCUT2D eigenvalue weighted by atomic mass is 9.81. The van der Waals surface area contributed by atoms with Gasteiger partial charge in [-0.2, -0.15) is 0 Å². The first-order valence-corrected chi connectivity index (χ1v) is 20.8. The zero-order valence-electron chi connectivity index (χ0n) is 33.6. The molecule has 1 aliphatic heterocycles. The lowest BCUT2D eigenvalue weighted by Crippen LogP contribution is -2.54. The Bertz CT molecular complexity index is 2520. The van der Waals surface area contributed by atoms with Gasteiger partial charge in [-0.3, -0.25) is 10.2 Å². The highest BCUT2D eigenvalue weighted by Crippen LogP contribution is 2.46. The maximum absolute atomic E-state index is 14.9. The van der Waals surface area contributed by atoms with Gasteiger partial charge in [-0.05, 0) is 82.7 Å². The Morgan fingerprint density at radius 1 is 0.806 bits per heavy atom. The van der Waals surface area contributed by atoms with Crippen LogP contribution in [-0.2, 0) is 35.6 Å². The predicted molar refractivity (Wildman–Crippen MR) is 240 cm³/mol. The quantitative estimate of drug-likeness (QED) is 0.0226. The molecule has 1 heterocycles. The minimum Gasteiger partial charge on any atom is -0.494 e. The topological polar surface area (TPSA) is 159 Å². The molecule has 7 rings (SSSR count). The van der Waals surface area contributed by atoms with Gasteiger partial charge in [-0.1, -0.05) is 125 Å². The highest BCUT2D eigenvalue weighted by molar-refractivity contribution is 6.35. The van der Waals surface area contributed by atoms with E-state index in [9.17, 15) is 15.4 Å². The molecule has 6 aromatic rings. The van der Waals surface area contributed by atoms with Crippen LogP contribution in [0.1, 0.15) is 45.9 Å². The number of aliphatic hydroxyl groups excluding tert-OH is 1. The Labute approximate surface area is 369 Å². The lowest BCUT2D eigenvalue weighted by molar-refractivity contribution is -0.130. The summed E-state index contributed by atoms with van der Waals surface area (Å²) in [5.74, 6) is 1.49. The number of aliphatic imine (C=N–C) groups is 1. The van der Waals surface area contributed by atoms with Crippen LogP contribution in [0.2, 0.25) is 10.0 Å². The highest BCUT2D eigenvalue weighted by Gasteiger charge is 2.54. The standard InChI is InChI=1S/C48H44Cl2N6O6/c49-38-19-22-40(41(50)29-38)45-48(30-37-14-7-8-15-42(37)54-56-51,53-46(62-45)36-17-20-39(21-18-36)59-27-9-26-57)47(58)55-52-25-24-33-16-23-43(60-31-34-10-3-1-4-11-34)44(28-33)61-32-35-12-5-2-6-13-35/h1-8,10-23,28-29,45,52,57H,9,24-27,30-32H2,(H,55,58)/t45-,48-/m0/s1. The predicted octanol–water partition coefficient (Wildman–Crippen LogP) is 10.2. The molecule has 0 radical (unpaired) electrons. The fourth-order valence-electron chi connectivity index (χ4n) is 6.94. The third-order valence-electron chi connectivity index (χ3n) is 10.1. The summed E-state index contributed by atoms with van der Waals surface area (Å²) in [6.45, 7) is 1.44. The Balaban J connectivity index is 1.15. The van der Waals surface area contributed by atoms with E-state index in [0.717, 1.165) is 16.7 Å². The molecule has 1 amide bonds. The number of nitrogens with zero attached hydrogens (tertiary/aromatic N) is 4. The van der Waals surface area contributed by atoms with E-state index < -0.39 is 17.6 Å². The van der Waals surface area contributed by atoms with E-state index >= 15 is 0 Å². The number of azide groups is 1. The molecule has 0 aromatic heterocycles. The van der Waals surface area contributed by atoms with Crippen LogP contribution >= 0.6 is 23.2 Å².